The summed E-state index contributed by atoms with van der Waals surface area (Å²) in [6.45, 7) is 15.0. The molecule has 0 aromatic heterocycles. The van der Waals surface area contributed by atoms with Crippen molar-refractivity contribution in [3.05, 3.63) is 34.9 Å². The first-order chi connectivity index (χ1) is 16.8. The van der Waals surface area contributed by atoms with E-state index in [0.29, 0.717) is 18.8 Å². The lowest BCUT2D eigenvalue weighted by Crippen LogP contribution is -2.53. The van der Waals surface area contributed by atoms with Crippen LogP contribution in [0.15, 0.2) is 34.9 Å². The van der Waals surface area contributed by atoms with Gasteiger partial charge < -0.3 is 14.9 Å². The van der Waals surface area contributed by atoms with Crippen LogP contribution < -0.4 is 0 Å². The zero-order valence-corrected chi connectivity index (χ0v) is 24.3. The molecule has 0 saturated carbocycles. The smallest absolute Gasteiger partial charge is 0.306 e. The van der Waals surface area contributed by atoms with Crippen LogP contribution in [0.5, 0.6) is 0 Å². The van der Waals surface area contributed by atoms with Gasteiger partial charge in [-0.15, -0.1) is 0 Å². The van der Waals surface area contributed by atoms with Gasteiger partial charge in [0.2, 0.25) is 0 Å². The van der Waals surface area contributed by atoms with Crippen molar-refractivity contribution in [3.63, 3.8) is 0 Å². The van der Waals surface area contributed by atoms with Gasteiger partial charge in [0.15, 0.2) is 0 Å². The van der Waals surface area contributed by atoms with Crippen molar-refractivity contribution in [1.29, 1.82) is 0 Å². The van der Waals surface area contributed by atoms with Crippen molar-refractivity contribution in [1.82, 2.24) is 0 Å². The molecule has 0 spiro atoms. The van der Waals surface area contributed by atoms with E-state index in [1.54, 1.807) is 6.92 Å². The molecule has 1 aliphatic heterocycles. The van der Waals surface area contributed by atoms with E-state index in [-0.39, 0.29) is 17.1 Å². The number of carboxylic acids is 1. The van der Waals surface area contributed by atoms with Gasteiger partial charge in [0.25, 0.3) is 0 Å². The Kier molecular flexibility index (Phi) is 11.5. The molecule has 4 nitrogen and oxygen atoms in total. The van der Waals surface area contributed by atoms with Crippen LogP contribution in [0.1, 0.15) is 132 Å². The summed E-state index contributed by atoms with van der Waals surface area (Å²) in [5.41, 5.74) is 3.38. The van der Waals surface area contributed by atoms with Crippen LogP contribution in [0.4, 0.5) is 0 Å². The number of carboxylic acid groups (broad SMARTS) is 1. The number of hydrogen-bond acceptors (Lipinski definition) is 3. The van der Waals surface area contributed by atoms with E-state index < -0.39 is 11.6 Å². The first kappa shape index (κ1) is 30.8. The van der Waals surface area contributed by atoms with Crippen molar-refractivity contribution in [2.24, 2.45) is 11.8 Å². The summed E-state index contributed by atoms with van der Waals surface area (Å²) < 4.78 is 7.12. The van der Waals surface area contributed by atoms with E-state index >= 15 is 0 Å². The standard InChI is InChI=1S/C32H54O4/c1-8-9-22-32-27(5)25(3)16-17-28(32)18-23-31(7,36-32)21-11-14-24(2)13-10-19-30(6,35)20-12-15-26(4)29(33)34/h14,16-17,26-27,35H,8-13,15,18-23H2,1-7H3,(H,33,34)/b24-14+. The second kappa shape index (κ2) is 13.4. The fourth-order valence-electron chi connectivity index (χ4n) is 6.06. The molecule has 0 amide bonds. The van der Waals surface area contributed by atoms with Crippen LogP contribution >= 0.6 is 0 Å². The molecule has 2 N–H and O–H groups in total. The minimum Gasteiger partial charge on any atom is -0.481 e. The summed E-state index contributed by atoms with van der Waals surface area (Å²) in [7, 11) is 0. The fraction of sp³-hybridized carbons (Fsp3) is 0.781. The molecular weight excluding hydrogens is 448 g/mol. The van der Waals surface area contributed by atoms with Crippen LogP contribution in [0.25, 0.3) is 0 Å². The number of allylic oxidation sites excluding steroid dienone is 4. The van der Waals surface area contributed by atoms with Gasteiger partial charge in [-0.3, -0.25) is 4.79 Å². The number of unbranched alkanes of at least 4 members (excludes halogenated alkanes) is 1. The Morgan fingerprint density at radius 3 is 2.61 bits per heavy atom. The van der Waals surface area contributed by atoms with Crippen molar-refractivity contribution in [2.45, 2.75) is 149 Å². The van der Waals surface area contributed by atoms with Crippen LogP contribution in [0, 0.1) is 11.8 Å². The van der Waals surface area contributed by atoms with Gasteiger partial charge in [0.05, 0.1) is 22.7 Å². The summed E-state index contributed by atoms with van der Waals surface area (Å²) in [5.74, 6) is -0.663. The van der Waals surface area contributed by atoms with Crippen molar-refractivity contribution >= 4 is 5.97 Å². The molecule has 0 aromatic rings. The maximum atomic E-state index is 11.0. The monoisotopic (exact) mass is 502 g/mol. The van der Waals surface area contributed by atoms with Gasteiger partial charge in [-0.2, -0.15) is 0 Å². The van der Waals surface area contributed by atoms with Gasteiger partial charge in [-0.1, -0.05) is 63.0 Å². The normalized spacial score (nSPS) is 29.1. The van der Waals surface area contributed by atoms with Gasteiger partial charge in [-0.05, 0) is 104 Å². The molecule has 1 heterocycles. The lowest BCUT2D eigenvalue weighted by atomic mass is 9.67. The van der Waals surface area contributed by atoms with Gasteiger partial charge >= 0.3 is 5.97 Å². The lowest BCUT2D eigenvalue weighted by Gasteiger charge is -2.53. The Morgan fingerprint density at radius 1 is 1.25 bits per heavy atom. The zero-order valence-electron chi connectivity index (χ0n) is 24.3. The summed E-state index contributed by atoms with van der Waals surface area (Å²) in [6, 6.07) is 0. The number of carbonyl (C=O) groups is 1. The number of rotatable bonds is 15. The number of aliphatic carboxylic acids is 1. The molecule has 1 aliphatic carbocycles. The molecule has 4 heteroatoms. The highest BCUT2D eigenvalue weighted by Gasteiger charge is 2.49. The van der Waals surface area contributed by atoms with E-state index in [1.807, 2.05) is 6.92 Å². The van der Waals surface area contributed by atoms with E-state index in [0.717, 1.165) is 57.8 Å². The summed E-state index contributed by atoms with van der Waals surface area (Å²) in [6.07, 6.45) is 19.5. The third kappa shape index (κ3) is 8.58. The predicted molar refractivity (Wildman–Crippen MR) is 150 cm³/mol. The van der Waals surface area contributed by atoms with Crippen LogP contribution in [0.2, 0.25) is 0 Å². The van der Waals surface area contributed by atoms with E-state index in [4.69, 9.17) is 9.84 Å². The molecule has 5 unspecified atom stereocenters. The second-order valence-corrected chi connectivity index (χ2v) is 12.4. The van der Waals surface area contributed by atoms with Gasteiger partial charge in [0.1, 0.15) is 0 Å². The van der Waals surface area contributed by atoms with Crippen LogP contribution in [-0.4, -0.2) is 33.0 Å². The molecule has 5 atom stereocenters. The Morgan fingerprint density at radius 2 is 1.94 bits per heavy atom. The average molecular weight is 503 g/mol. The number of aliphatic hydroxyl groups is 1. The third-order valence-corrected chi connectivity index (χ3v) is 8.95. The molecule has 1 saturated heterocycles. The second-order valence-electron chi connectivity index (χ2n) is 12.4. The summed E-state index contributed by atoms with van der Waals surface area (Å²) >= 11 is 0. The van der Waals surface area contributed by atoms with Crippen LogP contribution in [-0.2, 0) is 9.53 Å². The zero-order chi connectivity index (χ0) is 27.0. The first-order valence-electron chi connectivity index (χ1n) is 14.5. The predicted octanol–water partition coefficient (Wildman–Crippen LogP) is 8.55. The number of ether oxygens (including phenoxy) is 1. The Hall–Kier alpha value is -1.39. The van der Waals surface area contributed by atoms with Crippen molar-refractivity contribution in [2.75, 3.05) is 0 Å². The number of fused-ring (bicyclic) bond motifs is 1. The van der Waals surface area contributed by atoms with Crippen molar-refractivity contribution in [3.8, 4) is 0 Å². The molecule has 206 valence electrons. The maximum absolute atomic E-state index is 11.0. The van der Waals surface area contributed by atoms with E-state index in [1.165, 1.54) is 29.6 Å². The minimum absolute atomic E-state index is 0.0928. The summed E-state index contributed by atoms with van der Waals surface area (Å²) in [5, 5.41) is 19.7. The molecule has 0 radical (unpaired) electrons. The van der Waals surface area contributed by atoms with Crippen molar-refractivity contribution < 1.29 is 19.7 Å². The summed E-state index contributed by atoms with van der Waals surface area (Å²) in [4.78, 5) is 11.0. The van der Waals surface area contributed by atoms with Gasteiger partial charge in [-0.25, -0.2) is 0 Å². The molecular formula is C32H54O4. The SMILES string of the molecule is CCCCC12OC(C)(CC/C=C(\C)CCCC(C)(O)CCCC(C)C(=O)O)CCC1=CC=C(C)C2C. The Balaban J connectivity index is 1.84. The Labute approximate surface area is 221 Å². The average Bonchev–Trinajstić information content (AvgIpc) is 2.80. The molecule has 0 bridgehead atoms. The third-order valence-electron chi connectivity index (χ3n) is 8.95. The minimum atomic E-state index is -0.754. The molecule has 0 aromatic carbocycles. The lowest BCUT2D eigenvalue weighted by molar-refractivity contribution is -0.177. The molecule has 36 heavy (non-hydrogen) atoms. The highest BCUT2D eigenvalue weighted by molar-refractivity contribution is 5.69. The largest absolute Gasteiger partial charge is 0.481 e. The quantitative estimate of drug-likeness (QED) is 0.220. The van der Waals surface area contributed by atoms with E-state index in [2.05, 4.69) is 52.8 Å². The Bertz CT molecular complexity index is 820. The molecule has 2 aliphatic rings. The fourth-order valence-corrected chi connectivity index (χ4v) is 6.06. The maximum Gasteiger partial charge on any atom is 0.306 e. The molecule has 2 rings (SSSR count). The topological polar surface area (TPSA) is 66.8 Å². The van der Waals surface area contributed by atoms with Gasteiger partial charge in [0, 0.05) is 5.92 Å². The van der Waals surface area contributed by atoms with E-state index in [9.17, 15) is 9.90 Å². The number of hydrogen-bond donors (Lipinski definition) is 2. The van der Waals surface area contributed by atoms with Crippen LogP contribution in [0.3, 0.4) is 0 Å². The molecule has 1 fully saturated rings. The first-order valence-corrected chi connectivity index (χ1v) is 14.5. The highest BCUT2D eigenvalue weighted by Crippen LogP contribution is 2.51. The highest BCUT2D eigenvalue weighted by atomic mass is 16.5.